The Labute approximate surface area is 96.5 Å². The average Bonchev–Trinajstić information content (AvgIpc) is 2.72. The molecule has 84 valence electrons. The molecule has 0 aliphatic carbocycles. The van der Waals surface area contributed by atoms with Crippen LogP contribution in [0.1, 0.15) is 17.4 Å². The third kappa shape index (κ3) is 1.34. The van der Waals surface area contributed by atoms with Crippen LogP contribution in [-0.4, -0.2) is 15.2 Å². The molecule has 0 unspecified atom stereocenters. The van der Waals surface area contributed by atoms with Gasteiger partial charge in [-0.15, -0.1) is 0 Å². The molecule has 0 saturated heterocycles. The zero-order valence-corrected chi connectivity index (χ0v) is 9.14. The van der Waals surface area contributed by atoms with E-state index in [4.69, 9.17) is 0 Å². The van der Waals surface area contributed by atoms with Gasteiger partial charge in [0.2, 0.25) is 0 Å². The van der Waals surface area contributed by atoms with E-state index in [2.05, 4.69) is 4.98 Å². The fourth-order valence-electron chi connectivity index (χ4n) is 2.03. The SMILES string of the molecule is CC(=O)c1cnc2c3c(F)cccc3ccn12. The molecule has 0 aliphatic rings. The molecule has 0 spiro atoms. The van der Waals surface area contributed by atoms with E-state index in [1.165, 1.54) is 19.2 Å². The maximum Gasteiger partial charge on any atom is 0.178 e. The van der Waals surface area contributed by atoms with Gasteiger partial charge >= 0.3 is 0 Å². The van der Waals surface area contributed by atoms with Crippen molar-refractivity contribution in [2.24, 2.45) is 0 Å². The second-order valence-corrected chi connectivity index (χ2v) is 3.91. The van der Waals surface area contributed by atoms with Crippen LogP contribution in [0.4, 0.5) is 4.39 Å². The number of nitrogens with zero attached hydrogens (tertiary/aromatic N) is 2. The maximum atomic E-state index is 13.8. The van der Waals surface area contributed by atoms with E-state index in [0.717, 1.165) is 5.39 Å². The van der Waals surface area contributed by atoms with Crippen molar-refractivity contribution in [3.8, 4) is 0 Å². The molecule has 0 atom stereocenters. The van der Waals surface area contributed by atoms with Gasteiger partial charge in [0.1, 0.15) is 17.2 Å². The minimum absolute atomic E-state index is 0.0896. The van der Waals surface area contributed by atoms with Crippen molar-refractivity contribution in [2.75, 3.05) is 0 Å². The number of aromatic nitrogens is 2. The Balaban J connectivity index is 2.53. The molecule has 0 amide bonds. The number of halogens is 1. The first-order valence-corrected chi connectivity index (χ1v) is 5.24. The van der Waals surface area contributed by atoms with Gasteiger partial charge in [-0.1, -0.05) is 12.1 Å². The molecule has 0 N–H and O–H groups in total. The lowest BCUT2D eigenvalue weighted by Gasteiger charge is -2.03. The van der Waals surface area contributed by atoms with Gasteiger partial charge in [0.25, 0.3) is 0 Å². The predicted molar refractivity (Wildman–Crippen MR) is 62.7 cm³/mol. The van der Waals surface area contributed by atoms with Gasteiger partial charge in [-0.05, 0) is 17.5 Å². The summed E-state index contributed by atoms with van der Waals surface area (Å²) in [5.74, 6) is -0.415. The van der Waals surface area contributed by atoms with E-state index in [1.807, 2.05) is 6.07 Å². The molecule has 0 radical (unpaired) electrons. The molecule has 0 aliphatic heterocycles. The highest BCUT2D eigenvalue weighted by Gasteiger charge is 2.12. The Morgan fingerprint density at radius 3 is 2.94 bits per heavy atom. The van der Waals surface area contributed by atoms with Gasteiger partial charge in [-0.3, -0.25) is 9.20 Å². The topological polar surface area (TPSA) is 34.4 Å². The van der Waals surface area contributed by atoms with Crippen molar-refractivity contribution in [1.29, 1.82) is 0 Å². The fourth-order valence-corrected chi connectivity index (χ4v) is 2.03. The summed E-state index contributed by atoms with van der Waals surface area (Å²) in [4.78, 5) is 15.5. The van der Waals surface area contributed by atoms with Crippen molar-refractivity contribution < 1.29 is 9.18 Å². The first-order chi connectivity index (χ1) is 8.18. The summed E-state index contributed by atoms with van der Waals surface area (Å²) in [6.07, 6.45) is 3.21. The Morgan fingerprint density at radius 2 is 2.18 bits per heavy atom. The monoisotopic (exact) mass is 228 g/mol. The Morgan fingerprint density at radius 1 is 1.35 bits per heavy atom. The van der Waals surface area contributed by atoms with Gasteiger partial charge in [0, 0.05) is 13.1 Å². The maximum absolute atomic E-state index is 13.8. The molecule has 0 saturated carbocycles. The average molecular weight is 228 g/mol. The van der Waals surface area contributed by atoms with E-state index in [-0.39, 0.29) is 11.6 Å². The number of hydrogen-bond donors (Lipinski definition) is 0. The van der Waals surface area contributed by atoms with Crippen molar-refractivity contribution in [2.45, 2.75) is 6.92 Å². The lowest BCUT2D eigenvalue weighted by atomic mass is 10.1. The molecular weight excluding hydrogens is 219 g/mol. The Hall–Kier alpha value is -2.23. The smallest absolute Gasteiger partial charge is 0.178 e. The van der Waals surface area contributed by atoms with E-state index in [0.29, 0.717) is 16.7 Å². The second kappa shape index (κ2) is 3.38. The summed E-state index contributed by atoms with van der Waals surface area (Å²) in [5.41, 5.74) is 0.941. The van der Waals surface area contributed by atoms with Crippen molar-refractivity contribution in [3.63, 3.8) is 0 Å². The van der Waals surface area contributed by atoms with Crippen LogP contribution in [0, 0.1) is 5.82 Å². The standard InChI is InChI=1S/C13H9FN2O/c1-8(17)11-7-15-13-12-9(5-6-16(11)13)3-2-4-10(12)14/h2-7H,1H3. The zero-order chi connectivity index (χ0) is 12.0. The van der Waals surface area contributed by atoms with Crippen molar-refractivity contribution in [1.82, 2.24) is 9.38 Å². The number of carbonyl (C=O) groups excluding carboxylic acids is 1. The summed E-state index contributed by atoms with van der Waals surface area (Å²) < 4.78 is 15.4. The first kappa shape index (κ1) is 9.96. The predicted octanol–water partition coefficient (Wildman–Crippen LogP) is 2.83. The summed E-state index contributed by atoms with van der Waals surface area (Å²) >= 11 is 0. The number of Topliss-reactive ketones (excluding diaryl/α,β-unsaturated/α-hetero) is 1. The van der Waals surface area contributed by atoms with Gasteiger partial charge < -0.3 is 0 Å². The van der Waals surface area contributed by atoms with E-state index >= 15 is 0 Å². The van der Waals surface area contributed by atoms with Crippen LogP contribution in [0.15, 0.2) is 36.7 Å². The molecule has 2 heterocycles. The van der Waals surface area contributed by atoms with Crippen molar-refractivity contribution >= 4 is 22.2 Å². The second-order valence-electron chi connectivity index (χ2n) is 3.91. The first-order valence-electron chi connectivity index (χ1n) is 5.24. The lowest BCUT2D eigenvalue weighted by Crippen LogP contribution is -1.98. The largest absolute Gasteiger partial charge is 0.296 e. The van der Waals surface area contributed by atoms with E-state index < -0.39 is 0 Å². The highest BCUT2D eigenvalue weighted by molar-refractivity contribution is 5.98. The minimum Gasteiger partial charge on any atom is -0.296 e. The molecule has 3 nitrogen and oxygen atoms in total. The third-order valence-corrected chi connectivity index (χ3v) is 2.83. The summed E-state index contributed by atoms with van der Waals surface area (Å²) in [6.45, 7) is 1.47. The number of rotatable bonds is 1. The molecule has 1 aromatic carbocycles. The summed E-state index contributed by atoms with van der Waals surface area (Å²) in [5, 5.41) is 1.22. The quantitative estimate of drug-likeness (QED) is 0.600. The minimum atomic E-state index is -0.325. The van der Waals surface area contributed by atoms with Crippen molar-refractivity contribution in [3.05, 3.63) is 48.2 Å². The number of benzene rings is 1. The zero-order valence-electron chi connectivity index (χ0n) is 9.14. The van der Waals surface area contributed by atoms with E-state index in [1.54, 1.807) is 22.7 Å². The molecule has 3 rings (SSSR count). The molecule has 4 heteroatoms. The Bertz CT molecular complexity index is 746. The van der Waals surface area contributed by atoms with Crippen LogP contribution in [0.5, 0.6) is 0 Å². The normalized spacial score (nSPS) is 11.2. The highest BCUT2D eigenvalue weighted by atomic mass is 19.1. The van der Waals surface area contributed by atoms with Gasteiger partial charge in [-0.25, -0.2) is 9.37 Å². The third-order valence-electron chi connectivity index (χ3n) is 2.83. The number of hydrogen-bond acceptors (Lipinski definition) is 2. The van der Waals surface area contributed by atoms with Crippen LogP contribution in [-0.2, 0) is 0 Å². The number of pyridine rings is 1. The van der Waals surface area contributed by atoms with Crippen LogP contribution in [0.25, 0.3) is 16.4 Å². The molecule has 0 fully saturated rings. The summed E-state index contributed by atoms with van der Waals surface area (Å²) in [6, 6.07) is 6.65. The van der Waals surface area contributed by atoms with Crippen LogP contribution < -0.4 is 0 Å². The van der Waals surface area contributed by atoms with Gasteiger partial charge in [0.05, 0.1) is 11.6 Å². The number of carbonyl (C=O) groups is 1. The van der Waals surface area contributed by atoms with Crippen LogP contribution in [0.3, 0.4) is 0 Å². The Kier molecular flexibility index (Phi) is 1.98. The molecule has 3 aromatic rings. The highest BCUT2D eigenvalue weighted by Crippen LogP contribution is 2.23. The molecule has 2 aromatic heterocycles. The van der Waals surface area contributed by atoms with Crippen LogP contribution in [0.2, 0.25) is 0 Å². The molecule has 0 bridgehead atoms. The number of fused-ring (bicyclic) bond motifs is 3. The van der Waals surface area contributed by atoms with E-state index in [9.17, 15) is 9.18 Å². The molecular formula is C13H9FN2O. The fraction of sp³-hybridized carbons (Fsp3) is 0.0769. The van der Waals surface area contributed by atoms with Gasteiger partial charge in [0.15, 0.2) is 5.78 Å². The summed E-state index contributed by atoms with van der Waals surface area (Å²) in [7, 11) is 0. The lowest BCUT2D eigenvalue weighted by molar-refractivity contribution is 0.101. The van der Waals surface area contributed by atoms with Gasteiger partial charge in [-0.2, -0.15) is 0 Å². The number of imidazole rings is 1. The number of ketones is 1. The molecule has 17 heavy (non-hydrogen) atoms. The van der Waals surface area contributed by atoms with Crippen LogP contribution >= 0.6 is 0 Å².